The smallest absolute Gasteiger partial charge is 0.323 e. The molecule has 110 valence electrons. The van der Waals surface area contributed by atoms with E-state index in [-0.39, 0.29) is 12.5 Å². The molecule has 1 N–H and O–H groups in total. The van der Waals surface area contributed by atoms with Crippen LogP contribution in [-0.4, -0.2) is 33.3 Å². The van der Waals surface area contributed by atoms with Crippen LogP contribution in [0.2, 0.25) is 0 Å². The van der Waals surface area contributed by atoms with Crippen molar-refractivity contribution >= 4 is 17.6 Å². The average molecular weight is 287 g/mol. The summed E-state index contributed by atoms with van der Waals surface area (Å²) in [5.41, 5.74) is 1.61. The molecular weight excluding hydrogens is 270 g/mol. The highest BCUT2D eigenvalue weighted by molar-refractivity contribution is 5.99. The SMILES string of the molecule is Cc1ccc(N(CC(=O)O)C(=O)C(C)n2cccn2)cc1. The zero-order chi connectivity index (χ0) is 15.4. The number of carboxylic acids is 1. The van der Waals surface area contributed by atoms with E-state index in [2.05, 4.69) is 5.10 Å². The molecule has 0 saturated heterocycles. The molecule has 1 aromatic carbocycles. The van der Waals surface area contributed by atoms with E-state index in [4.69, 9.17) is 5.11 Å². The van der Waals surface area contributed by atoms with Gasteiger partial charge >= 0.3 is 5.97 Å². The Morgan fingerprint density at radius 1 is 1.33 bits per heavy atom. The minimum Gasteiger partial charge on any atom is -0.480 e. The van der Waals surface area contributed by atoms with Gasteiger partial charge in [-0.15, -0.1) is 0 Å². The van der Waals surface area contributed by atoms with Gasteiger partial charge in [-0.25, -0.2) is 0 Å². The summed E-state index contributed by atoms with van der Waals surface area (Å²) in [6.45, 7) is 3.24. The third-order valence-electron chi connectivity index (χ3n) is 3.18. The molecule has 1 unspecified atom stereocenters. The number of aryl methyl sites for hydroxylation is 1. The fraction of sp³-hybridized carbons (Fsp3) is 0.267. The van der Waals surface area contributed by atoms with Crippen LogP contribution in [0, 0.1) is 6.92 Å². The molecule has 1 amide bonds. The van der Waals surface area contributed by atoms with Crippen molar-refractivity contribution in [2.45, 2.75) is 19.9 Å². The first kappa shape index (κ1) is 14.8. The first-order chi connectivity index (χ1) is 9.99. The lowest BCUT2D eigenvalue weighted by molar-refractivity contribution is -0.137. The molecule has 6 heteroatoms. The van der Waals surface area contributed by atoms with Crippen molar-refractivity contribution in [1.82, 2.24) is 9.78 Å². The van der Waals surface area contributed by atoms with Gasteiger partial charge in [-0.1, -0.05) is 17.7 Å². The Balaban J connectivity index is 2.29. The number of anilines is 1. The van der Waals surface area contributed by atoms with Gasteiger partial charge in [-0.2, -0.15) is 5.10 Å². The Hall–Kier alpha value is -2.63. The van der Waals surface area contributed by atoms with Crippen LogP contribution in [0.25, 0.3) is 0 Å². The summed E-state index contributed by atoms with van der Waals surface area (Å²) >= 11 is 0. The second kappa shape index (κ2) is 6.21. The molecule has 0 fully saturated rings. The van der Waals surface area contributed by atoms with E-state index >= 15 is 0 Å². The number of carbonyl (C=O) groups is 2. The summed E-state index contributed by atoms with van der Waals surface area (Å²) < 4.78 is 1.51. The van der Waals surface area contributed by atoms with E-state index in [0.29, 0.717) is 5.69 Å². The van der Waals surface area contributed by atoms with E-state index in [1.165, 1.54) is 9.58 Å². The first-order valence-electron chi connectivity index (χ1n) is 6.58. The van der Waals surface area contributed by atoms with Crippen molar-refractivity contribution in [2.24, 2.45) is 0 Å². The van der Waals surface area contributed by atoms with Crippen LogP contribution >= 0.6 is 0 Å². The number of aromatic nitrogens is 2. The monoisotopic (exact) mass is 287 g/mol. The van der Waals surface area contributed by atoms with Crippen molar-refractivity contribution < 1.29 is 14.7 Å². The van der Waals surface area contributed by atoms with Crippen molar-refractivity contribution in [3.05, 3.63) is 48.3 Å². The Morgan fingerprint density at radius 2 is 2.00 bits per heavy atom. The van der Waals surface area contributed by atoms with E-state index < -0.39 is 12.0 Å². The third-order valence-corrected chi connectivity index (χ3v) is 3.18. The second-order valence-corrected chi connectivity index (χ2v) is 4.82. The van der Waals surface area contributed by atoms with Gasteiger partial charge in [0, 0.05) is 18.1 Å². The van der Waals surface area contributed by atoms with Gasteiger partial charge in [0.05, 0.1) is 0 Å². The van der Waals surface area contributed by atoms with E-state index in [1.54, 1.807) is 37.5 Å². The van der Waals surface area contributed by atoms with Gasteiger partial charge in [0.1, 0.15) is 12.6 Å². The summed E-state index contributed by atoms with van der Waals surface area (Å²) in [4.78, 5) is 24.9. The lowest BCUT2D eigenvalue weighted by atomic mass is 10.2. The molecule has 0 saturated carbocycles. The number of carboxylic acid groups (broad SMARTS) is 1. The molecule has 2 rings (SSSR count). The number of nitrogens with zero attached hydrogens (tertiary/aromatic N) is 3. The normalized spacial score (nSPS) is 11.9. The molecule has 0 spiro atoms. The second-order valence-electron chi connectivity index (χ2n) is 4.82. The number of rotatable bonds is 5. The van der Waals surface area contributed by atoms with Gasteiger partial charge < -0.3 is 5.11 Å². The molecule has 0 aliphatic heterocycles. The topological polar surface area (TPSA) is 75.4 Å². The minimum atomic E-state index is -1.06. The molecule has 0 aliphatic carbocycles. The Kier molecular flexibility index (Phi) is 4.37. The van der Waals surface area contributed by atoms with Crippen LogP contribution in [0.5, 0.6) is 0 Å². The maximum absolute atomic E-state index is 12.6. The molecule has 1 heterocycles. The summed E-state index contributed by atoms with van der Waals surface area (Å²) in [6, 6.07) is 8.32. The lowest BCUT2D eigenvalue weighted by Gasteiger charge is -2.24. The van der Waals surface area contributed by atoms with Gasteiger partial charge in [-0.3, -0.25) is 19.2 Å². The maximum Gasteiger partial charge on any atom is 0.323 e. The largest absolute Gasteiger partial charge is 0.480 e. The fourth-order valence-corrected chi connectivity index (χ4v) is 2.00. The van der Waals surface area contributed by atoms with Crippen LogP contribution in [0.1, 0.15) is 18.5 Å². The summed E-state index contributed by atoms with van der Waals surface area (Å²) in [7, 11) is 0. The summed E-state index contributed by atoms with van der Waals surface area (Å²) in [6.07, 6.45) is 3.26. The average Bonchev–Trinajstić information content (AvgIpc) is 2.98. The van der Waals surface area contributed by atoms with Crippen molar-refractivity contribution in [1.29, 1.82) is 0 Å². The molecule has 0 aliphatic rings. The van der Waals surface area contributed by atoms with E-state index in [9.17, 15) is 9.59 Å². The highest BCUT2D eigenvalue weighted by Gasteiger charge is 2.25. The molecule has 0 radical (unpaired) electrons. The summed E-state index contributed by atoms with van der Waals surface area (Å²) in [5.74, 6) is -1.37. The number of aliphatic carboxylic acids is 1. The van der Waals surface area contributed by atoms with Crippen LogP contribution in [0.4, 0.5) is 5.69 Å². The zero-order valence-electron chi connectivity index (χ0n) is 11.9. The third kappa shape index (κ3) is 3.47. The quantitative estimate of drug-likeness (QED) is 0.911. The van der Waals surface area contributed by atoms with Gasteiger partial charge in [-0.05, 0) is 32.0 Å². The number of carbonyl (C=O) groups excluding carboxylic acids is 1. The van der Waals surface area contributed by atoms with E-state index in [1.807, 2.05) is 19.1 Å². The Morgan fingerprint density at radius 3 is 2.52 bits per heavy atom. The molecule has 1 atom stereocenters. The van der Waals surface area contributed by atoms with Crippen LogP contribution in [-0.2, 0) is 9.59 Å². The van der Waals surface area contributed by atoms with Crippen molar-refractivity contribution in [3.63, 3.8) is 0 Å². The number of benzene rings is 1. The van der Waals surface area contributed by atoms with Crippen molar-refractivity contribution in [2.75, 3.05) is 11.4 Å². The molecule has 6 nitrogen and oxygen atoms in total. The van der Waals surface area contributed by atoms with Gasteiger partial charge in [0.15, 0.2) is 0 Å². The van der Waals surface area contributed by atoms with Crippen LogP contribution < -0.4 is 4.90 Å². The molecule has 1 aromatic heterocycles. The highest BCUT2D eigenvalue weighted by atomic mass is 16.4. The predicted molar refractivity (Wildman–Crippen MR) is 78.1 cm³/mol. The molecule has 21 heavy (non-hydrogen) atoms. The lowest BCUT2D eigenvalue weighted by Crippen LogP contribution is -2.40. The van der Waals surface area contributed by atoms with E-state index in [0.717, 1.165) is 5.56 Å². The van der Waals surface area contributed by atoms with Gasteiger partial charge in [0.2, 0.25) is 0 Å². The highest BCUT2D eigenvalue weighted by Crippen LogP contribution is 2.19. The molecular formula is C15H17N3O3. The number of hydrogen-bond donors (Lipinski definition) is 1. The summed E-state index contributed by atoms with van der Waals surface area (Å²) in [5, 5.41) is 13.1. The Labute approximate surface area is 122 Å². The molecule has 0 bridgehead atoms. The molecule has 2 aromatic rings. The first-order valence-corrected chi connectivity index (χ1v) is 6.58. The van der Waals surface area contributed by atoms with Crippen molar-refractivity contribution in [3.8, 4) is 0 Å². The number of amides is 1. The maximum atomic E-state index is 12.6. The fourth-order valence-electron chi connectivity index (χ4n) is 2.00. The van der Waals surface area contributed by atoms with Crippen LogP contribution in [0.3, 0.4) is 0 Å². The standard InChI is InChI=1S/C15H17N3O3/c1-11-4-6-13(7-5-11)17(10-14(19)20)15(21)12(2)18-9-3-8-16-18/h3-9,12H,10H2,1-2H3,(H,19,20). The van der Waals surface area contributed by atoms with Gasteiger partial charge in [0.25, 0.3) is 5.91 Å². The predicted octanol–water partition coefficient (Wildman–Crippen LogP) is 1.87. The number of hydrogen-bond acceptors (Lipinski definition) is 3. The zero-order valence-corrected chi connectivity index (χ0v) is 11.9. The van der Waals surface area contributed by atoms with Crippen LogP contribution in [0.15, 0.2) is 42.7 Å². The Bertz CT molecular complexity index is 620. The minimum absolute atomic E-state index is 0.315.